The van der Waals surface area contributed by atoms with Crippen molar-refractivity contribution in [1.82, 2.24) is 4.90 Å². The van der Waals surface area contributed by atoms with E-state index in [0.717, 1.165) is 0 Å². The smallest absolute Gasteiger partial charge is 0.261 e. The zero-order valence-corrected chi connectivity index (χ0v) is 9.61. The molecule has 2 bridgehead atoms. The van der Waals surface area contributed by atoms with Gasteiger partial charge in [-0.05, 0) is 35.8 Å². The lowest BCUT2D eigenvalue weighted by Gasteiger charge is -2.25. The van der Waals surface area contributed by atoms with E-state index in [1.165, 1.54) is 4.90 Å². The topological polar surface area (TPSA) is 63.4 Å². The quantitative estimate of drug-likeness (QED) is 0.726. The molecule has 90 valence electrons. The molecule has 4 fully saturated rings. The molecule has 6 atom stereocenters. The van der Waals surface area contributed by atoms with Gasteiger partial charge in [0.1, 0.15) is 0 Å². The molecule has 4 nitrogen and oxygen atoms in total. The van der Waals surface area contributed by atoms with Crippen molar-refractivity contribution in [3.8, 4) is 0 Å². The van der Waals surface area contributed by atoms with Crippen molar-refractivity contribution in [2.24, 2.45) is 29.4 Å². The molecule has 0 saturated heterocycles. The Morgan fingerprint density at radius 1 is 0.889 bits per heavy atom. The third kappa shape index (κ3) is 0.773. The number of fused-ring (bicyclic) bond motifs is 2. The van der Waals surface area contributed by atoms with E-state index in [4.69, 9.17) is 5.73 Å². The Hall–Kier alpha value is -1.68. The first-order valence-corrected chi connectivity index (χ1v) is 6.44. The molecule has 0 spiro atoms. The van der Waals surface area contributed by atoms with Gasteiger partial charge in [0.15, 0.2) is 0 Å². The molecular weight excluding hydrogens is 228 g/mol. The summed E-state index contributed by atoms with van der Waals surface area (Å²) in [6.07, 6.45) is 0. The van der Waals surface area contributed by atoms with Gasteiger partial charge in [0.2, 0.25) is 0 Å². The van der Waals surface area contributed by atoms with E-state index in [9.17, 15) is 9.59 Å². The zero-order valence-electron chi connectivity index (χ0n) is 9.61. The normalized spacial score (nSPS) is 46.2. The predicted molar refractivity (Wildman–Crippen MR) is 62.7 cm³/mol. The number of amides is 2. The largest absolute Gasteiger partial charge is 0.326 e. The van der Waals surface area contributed by atoms with Crippen LogP contribution in [0.15, 0.2) is 24.3 Å². The first-order chi connectivity index (χ1) is 8.72. The standard InChI is InChI=1S/C14H12N2O2/c15-11-9-7-8(9)10(7)12(11)16-13(17)5-3-1-2-4-6(5)14(16)18/h1-4,7-12H,15H2/t7-,8?,9?,10+,11-,12+/m0/s1. The molecule has 2 N–H and O–H groups in total. The van der Waals surface area contributed by atoms with Crippen LogP contribution in [0.3, 0.4) is 0 Å². The van der Waals surface area contributed by atoms with E-state index in [1.54, 1.807) is 24.3 Å². The number of benzene rings is 1. The van der Waals surface area contributed by atoms with Crippen LogP contribution in [0.2, 0.25) is 0 Å². The minimum Gasteiger partial charge on any atom is -0.326 e. The van der Waals surface area contributed by atoms with E-state index in [2.05, 4.69) is 0 Å². The summed E-state index contributed by atoms with van der Waals surface area (Å²) in [5.41, 5.74) is 7.25. The Balaban J connectivity index is 1.60. The Morgan fingerprint density at radius 3 is 1.89 bits per heavy atom. The molecule has 5 aliphatic rings. The van der Waals surface area contributed by atoms with Gasteiger partial charge in [0.05, 0.1) is 17.2 Å². The van der Waals surface area contributed by atoms with Crippen LogP contribution < -0.4 is 5.73 Å². The minimum atomic E-state index is -0.150. The molecule has 1 aromatic carbocycles. The fourth-order valence-electron chi connectivity index (χ4n) is 4.41. The number of rotatable bonds is 1. The van der Waals surface area contributed by atoms with E-state index in [-0.39, 0.29) is 23.9 Å². The maximum absolute atomic E-state index is 12.4. The number of carbonyl (C=O) groups is 2. The average Bonchev–Trinajstić information content (AvgIpc) is 3.19. The summed E-state index contributed by atoms with van der Waals surface area (Å²) in [5.74, 6) is 2.23. The maximum atomic E-state index is 12.4. The van der Waals surface area contributed by atoms with Crippen molar-refractivity contribution >= 4 is 11.8 Å². The highest BCUT2D eigenvalue weighted by Crippen LogP contribution is 2.81. The molecule has 0 aromatic heterocycles. The molecular formula is C14H12N2O2. The van der Waals surface area contributed by atoms with Crippen LogP contribution in [0.4, 0.5) is 0 Å². The predicted octanol–water partition coefficient (Wildman–Crippen LogP) is 0.484. The molecule has 6 rings (SSSR count). The van der Waals surface area contributed by atoms with E-state index >= 15 is 0 Å². The summed E-state index contributed by atoms with van der Waals surface area (Å²) in [6, 6.07) is 7.02. The van der Waals surface area contributed by atoms with Crippen LogP contribution in [0, 0.1) is 23.7 Å². The number of hydrogen-bond donors (Lipinski definition) is 1. The third-order valence-corrected chi connectivity index (χ3v) is 5.30. The van der Waals surface area contributed by atoms with Crippen LogP contribution >= 0.6 is 0 Å². The lowest BCUT2D eigenvalue weighted by atomic mass is 10.1. The van der Waals surface area contributed by atoms with Gasteiger partial charge in [-0.25, -0.2) is 0 Å². The highest BCUT2D eigenvalue weighted by atomic mass is 16.2. The fourth-order valence-corrected chi connectivity index (χ4v) is 4.41. The summed E-state index contributed by atoms with van der Waals surface area (Å²) >= 11 is 0. The average molecular weight is 240 g/mol. The number of nitrogens with two attached hydrogens (primary N) is 1. The number of hydrogen-bond acceptors (Lipinski definition) is 3. The van der Waals surface area contributed by atoms with Crippen LogP contribution in [0.25, 0.3) is 0 Å². The summed E-state index contributed by atoms with van der Waals surface area (Å²) in [6.45, 7) is 0. The van der Waals surface area contributed by atoms with Gasteiger partial charge < -0.3 is 5.73 Å². The number of imide groups is 1. The Labute approximate surface area is 104 Å². The minimum absolute atomic E-state index is 0.00668. The molecule has 0 radical (unpaired) electrons. The van der Waals surface area contributed by atoms with Crippen molar-refractivity contribution in [3.63, 3.8) is 0 Å². The van der Waals surface area contributed by atoms with Gasteiger partial charge in [-0.3, -0.25) is 14.5 Å². The van der Waals surface area contributed by atoms with Crippen LogP contribution in [-0.2, 0) is 0 Å². The van der Waals surface area contributed by atoms with Crippen molar-refractivity contribution in [2.45, 2.75) is 12.1 Å². The Morgan fingerprint density at radius 2 is 1.44 bits per heavy atom. The van der Waals surface area contributed by atoms with Crippen LogP contribution in [0.5, 0.6) is 0 Å². The zero-order chi connectivity index (χ0) is 12.2. The third-order valence-electron chi connectivity index (χ3n) is 5.30. The molecule has 4 saturated carbocycles. The second-order valence-corrected chi connectivity index (χ2v) is 5.90. The van der Waals surface area contributed by atoms with Crippen molar-refractivity contribution < 1.29 is 9.59 Å². The summed E-state index contributed by atoms with van der Waals surface area (Å²) < 4.78 is 0. The summed E-state index contributed by atoms with van der Waals surface area (Å²) in [5, 5.41) is 0. The highest BCUT2D eigenvalue weighted by molar-refractivity contribution is 6.21. The van der Waals surface area contributed by atoms with Gasteiger partial charge in [0.25, 0.3) is 11.8 Å². The molecule has 4 aliphatic carbocycles. The summed E-state index contributed by atoms with van der Waals surface area (Å²) in [4.78, 5) is 26.2. The molecule has 1 aromatic rings. The highest BCUT2D eigenvalue weighted by Gasteiger charge is 2.85. The van der Waals surface area contributed by atoms with Crippen LogP contribution in [0.1, 0.15) is 20.7 Å². The van der Waals surface area contributed by atoms with Crippen molar-refractivity contribution in [1.29, 1.82) is 0 Å². The lowest BCUT2D eigenvalue weighted by Crippen LogP contribution is -2.48. The first-order valence-electron chi connectivity index (χ1n) is 6.44. The first kappa shape index (κ1) is 9.28. The SMILES string of the molecule is N[C@H]1C2C3[C@@H]2[C@H]3[C@H]1N1C(=O)c2ccccc2C1=O. The number of carbonyl (C=O) groups excluding carboxylic acids is 2. The van der Waals surface area contributed by atoms with E-state index in [0.29, 0.717) is 34.8 Å². The molecule has 2 unspecified atom stereocenters. The van der Waals surface area contributed by atoms with E-state index in [1.807, 2.05) is 0 Å². The second kappa shape index (κ2) is 2.52. The van der Waals surface area contributed by atoms with Crippen molar-refractivity contribution in [2.75, 3.05) is 0 Å². The molecule has 4 heteroatoms. The summed E-state index contributed by atoms with van der Waals surface area (Å²) in [7, 11) is 0. The Kier molecular flexibility index (Phi) is 1.30. The van der Waals surface area contributed by atoms with Gasteiger partial charge in [-0.1, -0.05) is 12.1 Å². The van der Waals surface area contributed by atoms with Gasteiger partial charge in [-0.15, -0.1) is 0 Å². The monoisotopic (exact) mass is 240 g/mol. The molecule has 18 heavy (non-hydrogen) atoms. The lowest BCUT2D eigenvalue weighted by molar-refractivity contribution is 0.0565. The maximum Gasteiger partial charge on any atom is 0.261 e. The van der Waals surface area contributed by atoms with Crippen LogP contribution in [-0.4, -0.2) is 28.8 Å². The van der Waals surface area contributed by atoms with Crippen molar-refractivity contribution in [3.05, 3.63) is 35.4 Å². The fraction of sp³-hybridized carbons (Fsp3) is 0.429. The second-order valence-electron chi connectivity index (χ2n) is 5.90. The van der Waals surface area contributed by atoms with Gasteiger partial charge in [0, 0.05) is 6.04 Å². The Bertz CT molecular complexity index is 581. The molecule has 1 heterocycles. The van der Waals surface area contributed by atoms with Gasteiger partial charge >= 0.3 is 0 Å². The van der Waals surface area contributed by atoms with E-state index < -0.39 is 0 Å². The molecule has 2 amide bonds. The molecule has 1 aliphatic heterocycles. The van der Waals surface area contributed by atoms with Gasteiger partial charge in [-0.2, -0.15) is 0 Å². The number of nitrogens with zero attached hydrogens (tertiary/aromatic N) is 1.